The first-order valence-corrected chi connectivity index (χ1v) is 12.6. The normalized spacial score (nSPS) is 42.7. The van der Waals surface area contributed by atoms with Gasteiger partial charge < -0.3 is 4.74 Å². The maximum absolute atomic E-state index is 12.3. The van der Waals surface area contributed by atoms with E-state index in [0.29, 0.717) is 29.6 Å². The van der Waals surface area contributed by atoms with Crippen LogP contribution in [0.25, 0.3) is 0 Å². The summed E-state index contributed by atoms with van der Waals surface area (Å²) in [6, 6.07) is 0. The predicted molar refractivity (Wildman–Crippen MR) is 120 cm³/mol. The molecule has 0 heterocycles. The van der Waals surface area contributed by atoms with Gasteiger partial charge in [0.1, 0.15) is 6.10 Å². The fourth-order valence-corrected chi connectivity index (χ4v) is 8.09. The van der Waals surface area contributed by atoms with E-state index in [4.69, 9.17) is 4.74 Å². The van der Waals surface area contributed by atoms with Crippen LogP contribution in [0.4, 0.5) is 0 Å². The van der Waals surface area contributed by atoms with E-state index < -0.39 is 0 Å². The van der Waals surface area contributed by atoms with Gasteiger partial charge in [0.05, 0.1) is 0 Å². The van der Waals surface area contributed by atoms with Crippen molar-refractivity contribution in [2.75, 3.05) is 0 Å². The lowest BCUT2D eigenvalue weighted by Gasteiger charge is -2.60. The number of ether oxygens (including phenoxy) is 1. The summed E-state index contributed by atoms with van der Waals surface area (Å²) in [6.45, 7) is 11.0. The van der Waals surface area contributed by atoms with Gasteiger partial charge in [-0.1, -0.05) is 33.8 Å². The summed E-state index contributed by atoms with van der Waals surface area (Å²) in [5, 5.41) is 0. The summed E-state index contributed by atoms with van der Waals surface area (Å²) in [7, 11) is 0. The number of ketones is 1. The van der Waals surface area contributed by atoms with Crippen LogP contribution in [0.1, 0.15) is 98.8 Å². The van der Waals surface area contributed by atoms with E-state index in [9.17, 15) is 9.59 Å². The van der Waals surface area contributed by atoms with Crippen molar-refractivity contribution in [2.24, 2.45) is 40.4 Å². The minimum atomic E-state index is 0.00761. The Morgan fingerprint density at radius 1 is 1.10 bits per heavy atom. The number of Topliss-reactive ketones (excluding diaryl/α,β-unsaturated/α-hetero) is 1. The van der Waals surface area contributed by atoms with Crippen molar-refractivity contribution in [2.45, 2.75) is 105 Å². The molecule has 4 aliphatic carbocycles. The Morgan fingerprint density at radius 3 is 2.57 bits per heavy atom. The van der Waals surface area contributed by atoms with Gasteiger partial charge in [-0.3, -0.25) is 9.59 Å². The zero-order chi connectivity index (χ0) is 21.7. The van der Waals surface area contributed by atoms with E-state index in [2.05, 4.69) is 33.8 Å². The van der Waals surface area contributed by atoms with Crippen LogP contribution in [0.15, 0.2) is 11.6 Å². The van der Waals surface area contributed by atoms with Gasteiger partial charge >= 0.3 is 5.97 Å². The van der Waals surface area contributed by atoms with Gasteiger partial charge in [0.15, 0.2) is 5.78 Å². The summed E-state index contributed by atoms with van der Waals surface area (Å²) < 4.78 is 5.91. The van der Waals surface area contributed by atoms with Crippen LogP contribution in [0.5, 0.6) is 0 Å². The Balaban J connectivity index is 1.42. The third kappa shape index (κ3) is 3.69. The largest absolute Gasteiger partial charge is 0.462 e. The van der Waals surface area contributed by atoms with Crippen LogP contribution < -0.4 is 0 Å². The van der Waals surface area contributed by atoms with Gasteiger partial charge in [-0.25, -0.2) is 0 Å². The van der Waals surface area contributed by atoms with E-state index in [1.165, 1.54) is 32.1 Å². The van der Waals surface area contributed by atoms with E-state index in [0.717, 1.165) is 43.1 Å². The molecule has 3 fully saturated rings. The van der Waals surface area contributed by atoms with Crippen molar-refractivity contribution >= 4 is 11.8 Å². The lowest BCUT2D eigenvalue weighted by Crippen LogP contribution is -2.54. The number of carbonyl (C=O) groups excluding carboxylic acids is 2. The quantitative estimate of drug-likeness (QED) is 0.482. The van der Waals surface area contributed by atoms with Crippen LogP contribution in [0, 0.1) is 40.4 Å². The van der Waals surface area contributed by atoms with Gasteiger partial charge in [0, 0.05) is 6.42 Å². The van der Waals surface area contributed by atoms with Gasteiger partial charge in [0.2, 0.25) is 0 Å². The summed E-state index contributed by atoms with van der Waals surface area (Å²) >= 11 is 0. The summed E-state index contributed by atoms with van der Waals surface area (Å²) in [6.07, 6.45) is 13.3. The van der Waals surface area contributed by atoms with Crippen molar-refractivity contribution < 1.29 is 14.3 Å². The Kier molecular flexibility index (Phi) is 5.96. The number of hydrogen-bond acceptors (Lipinski definition) is 3. The monoisotopic (exact) mass is 414 g/mol. The van der Waals surface area contributed by atoms with E-state index >= 15 is 0 Å². The molecule has 0 unspecified atom stereocenters. The van der Waals surface area contributed by atoms with Crippen LogP contribution in [-0.4, -0.2) is 17.9 Å². The molecule has 0 aromatic carbocycles. The van der Waals surface area contributed by atoms with Crippen molar-refractivity contribution in [1.82, 2.24) is 0 Å². The molecule has 3 nitrogen and oxygen atoms in total. The fraction of sp³-hybridized carbons (Fsp3) is 0.852. The topological polar surface area (TPSA) is 43.4 Å². The summed E-state index contributed by atoms with van der Waals surface area (Å²) in [5.74, 6) is 3.70. The first kappa shape index (κ1) is 22.1. The van der Waals surface area contributed by atoms with Crippen molar-refractivity contribution in [3.05, 3.63) is 11.6 Å². The average Bonchev–Trinajstić information content (AvgIpc) is 3.04. The number of rotatable bonds is 5. The smallest absolute Gasteiger partial charge is 0.306 e. The molecule has 3 heteroatoms. The molecule has 0 radical (unpaired) electrons. The lowest BCUT2D eigenvalue weighted by molar-refractivity contribution is -0.161. The Morgan fingerprint density at radius 2 is 1.87 bits per heavy atom. The summed E-state index contributed by atoms with van der Waals surface area (Å²) in [4.78, 5) is 24.5. The number of allylic oxidation sites excluding steroid dienone is 2. The molecule has 0 aliphatic heterocycles. The van der Waals surface area contributed by atoms with Crippen molar-refractivity contribution in [1.29, 1.82) is 0 Å². The minimum absolute atomic E-state index is 0.00761. The molecule has 0 aromatic rings. The molecule has 0 spiro atoms. The van der Waals surface area contributed by atoms with Crippen LogP contribution >= 0.6 is 0 Å². The van der Waals surface area contributed by atoms with Gasteiger partial charge in [-0.05, 0) is 111 Å². The first-order valence-electron chi connectivity index (χ1n) is 12.6. The Labute approximate surface area is 183 Å². The molecular weight excluding hydrogens is 372 g/mol. The van der Waals surface area contributed by atoms with Crippen LogP contribution in [0.3, 0.4) is 0 Å². The first-order chi connectivity index (χ1) is 14.1. The second-order valence-corrected chi connectivity index (χ2v) is 11.8. The molecule has 0 saturated heterocycles. The molecular formula is C27H42O3. The third-order valence-electron chi connectivity index (χ3n) is 9.80. The molecule has 4 rings (SSSR count). The van der Waals surface area contributed by atoms with Gasteiger partial charge in [0.25, 0.3) is 0 Å². The van der Waals surface area contributed by atoms with Crippen molar-refractivity contribution in [3.8, 4) is 0 Å². The summed E-state index contributed by atoms with van der Waals surface area (Å²) in [5.41, 5.74) is 1.61. The number of carbonyl (C=O) groups is 2. The molecule has 30 heavy (non-hydrogen) atoms. The predicted octanol–water partition coefficient (Wildman–Crippen LogP) is 6.50. The number of fused-ring (bicyclic) bond motifs is 5. The van der Waals surface area contributed by atoms with E-state index in [1.807, 2.05) is 0 Å². The maximum atomic E-state index is 12.3. The molecule has 0 aromatic heterocycles. The maximum Gasteiger partial charge on any atom is 0.306 e. The molecule has 0 amide bonds. The molecule has 168 valence electrons. The van der Waals surface area contributed by atoms with Gasteiger partial charge in [-0.15, -0.1) is 0 Å². The third-order valence-corrected chi connectivity index (χ3v) is 9.80. The molecule has 7 atom stereocenters. The highest BCUT2D eigenvalue weighted by Gasteiger charge is 2.59. The molecule has 3 saturated carbocycles. The highest BCUT2D eigenvalue weighted by molar-refractivity contribution is 5.95. The highest BCUT2D eigenvalue weighted by atomic mass is 16.5. The highest BCUT2D eigenvalue weighted by Crippen LogP contribution is 2.66. The van der Waals surface area contributed by atoms with Crippen LogP contribution in [-0.2, 0) is 14.3 Å². The number of esters is 1. The fourth-order valence-electron chi connectivity index (χ4n) is 8.09. The van der Waals surface area contributed by atoms with Crippen molar-refractivity contribution in [3.63, 3.8) is 0 Å². The van der Waals surface area contributed by atoms with Crippen LogP contribution in [0.2, 0.25) is 0 Å². The van der Waals surface area contributed by atoms with E-state index in [-0.39, 0.29) is 23.3 Å². The lowest BCUT2D eigenvalue weighted by atomic mass is 9.44. The second kappa shape index (κ2) is 8.10. The standard InChI is InChI=1S/C27H42O3/c1-17(2)6-11-25(29)30-20-12-14-26(4)19(16-20)7-8-21-23-10-9-22(18(3)28)27(23,5)15-13-24(21)26/h9,17,19-21,23-24H,6-8,10-16H2,1-5H3/t19-,20+,21-,23-,24-,26-,27+/m0/s1. The molecule has 0 bridgehead atoms. The zero-order valence-electron chi connectivity index (χ0n) is 19.8. The molecule has 4 aliphatic rings. The Bertz CT molecular complexity index is 722. The Hall–Kier alpha value is -1.12. The number of hydrogen-bond donors (Lipinski definition) is 0. The minimum Gasteiger partial charge on any atom is -0.462 e. The molecule has 0 N–H and O–H groups in total. The van der Waals surface area contributed by atoms with E-state index in [1.54, 1.807) is 6.92 Å². The SMILES string of the molecule is CC(=O)C1=CC[C@H]2[C@@H]3CC[C@H]4C[C@H](OC(=O)CCC(C)C)CC[C@]4(C)[C@H]3CC[C@]12C. The van der Waals surface area contributed by atoms with Gasteiger partial charge in [-0.2, -0.15) is 0 Å². The average molecular weight is 415 g/mol. The zero-order valence-corrected chi connectivity index (χ0v) is 19.8. The second-order valence-electron chi connectivity index (χ2n) is 11.8.